The Morgan fingerprint density at radius 1 is 0.958 bits per heavy atom. The van der Waals surface area contributed by atoms with Crippen LogP contribution >= 0.6 is 23.1 Å². The van der Waals surface area contributed by atoms with Crippen molar-refractivity contribution >= 4 is 40.5 Å². The topological polar surface area (TPSA) is 73.0 Å². The molecule has 0 amide bonds. The number of anilines is 1. The van der Waals surface area contributed by atoms with Crippen LogP contribution in [0.3, 0.4) is 0 Å². The predicted molar refractivity (Wildman–Crippen MR) is 97.9 cm³/mol. The van der Waals surface area contributed by atoms with Gasteiger partial charge in [0, 0.05) is 11.1 Å². The van der Waals surface area contributed by atoms with Crippen LogP contribution in [0.4, 0.5) is 5.82 Å². The molecule has 1 aromatic heterocycles. The molecule has 3 rings (SSSR count). The van der Waals surface area contributed by atoms with E-state index in [2.05, 4.69) is 4.98 Å². The molecule has 0 radical (unpaired) electrons. The van der Waals surface area contributed by atoms with Gasteiger partial charge in [0.15, 0.2) is 10.1 Å². The molecule has 3 aromatic rings. The average Bonchev–Trinajstić information content (AvgIpc) is 3.01. The monoisotopic (exact) mass is 354 g/mol. The van der Waals surface area contributed by atoms with Gasteiger partial charge in [0.1, 0.15) is 10.7 Å². The normalized spacial score (nSPS) is 10.5. The molecule has 0 fully saturated rings. The van der Waals surface area contributed by atoms with Crippen LogP contribution in [-0.2, 0) is 0 Å². The smallest absolute Gasteiger partial charge is 0.206 e. The third-order valence-electron chi connectivity index (χ3n) is 3.30. The molecule has 0 spiro atoms. The van der Waals surface area contributed by atoms with Crippen molar-refractivity contribution in [3.8, 4) is 0 Å². The second-order valence-electron chi connectivity index (χ2n) is 4.97. The quantitative estimate of drug-likeness (QED) is 0.536. The zero-order valence-electron chi connectivity index (χ0n) is 12.6. The van der Waals surface area contributed by atoms with Crippen LogP contribution in [0.15, 0.2) is 65.0 Å². The number of nitrogens with two attached hydrogens (primary N) is 1. The minimum atomic E-state index is -0.146. The van der Waals surface area contributed by atoms with Gasteiger partial charge in [-0.3, -0.25) is 9.59 Å². The number of hydrogen-bond acceptors (Lipinski definition) is 6. The lowest BCUT2D eigenvalue weighted by Gasteiger charge is -1.98. The molecule has 0 aliphatic heterocycles. The molecule has 24 heavy (non-hydrogen) atoms. The summed E-state index contributed by atoms with van der Waals surface area (Å²) in [6.45, 7) is 0. The summed E-state index contributed by atoms with van der Waals surface area (Å²) < 4.78 is 0.621. The van der Waals surface area contributed by atoms with E-state index in [-0.39, 0.29) is 23.1 Å². The van der Waals surface area contributed by atoms with E-state index in [1.165, 1.54) is 23.1 Å². The van der Waals surface area contributed by atoms with Crippen LogP contribution < -0.4 is 5.73 Å². The van der Waals surface area contributed by atoms with Gasteiger partial charge in [-0.15, -0.1) is 11.3 Å². The number of nitrogens with zero attached hydrogens (tertiary/aromatic N) is 1. The first-order valence-electron chi connectivity index (χ1n) is 7.22. The molecular formula is C18H14N2O2S2. The molecule has 0 atom stereocenters. The Kier molecular flexibility index (Phi) is 5.08. The highest BCUT2D eigenvalue weighted by atomic mass is 32.2. The first-order chi connectivity index (χ1) is 11.6. The number of carbonyl (C=O) groups excluding carboxylic acids is 2. The second kappa shape index (κ2) is 7.42. The molecule has 0 saturated carbocycles. The van der Waals surface area contributed by atoms with Crippen LogP contribution in [0.25, 0.3) is 0 Å². The summed E-state index contributed by atoms with van der Waals surface area (Å²) >= 11 is 2.52. The van der Waals surface area contributed by atoms with Crippen LogP contribution in [0.2, 0.25) is 0 Å². The van der Waals surface area contributed by atoms with Crippen molar-refractivity contribution in [2.45, 2.75) is 4.34 Å². The van der Waals surface area contributed by atoms with Gasteiger partial charge < -0.3 is 5.73 Å². The summed E-state index contributed by atoms with van der Waals surface area (Å²) in [4.78, 5) is 29.2. The van der Waals surface area contributed by atoms with Crippen molar-refractivity contribution in [1.82, 2.24) is 4.98 Å². The summed E-state index contributed by atoms with van der Waals surface area (Å²) in [5.74, 6) is 0.344. The van der Waals surface area contributed by atoms with Crippen LogP contribution in [-0.4, -0.2) is 22.3 Å². The maximum absolute atomic E-state index is 12.5. The molecule has 2 N–H and O–H groups in total. The Bertz CT molecular complexity index is 861. The molecule has 0 bridgehead atoms. The van der Waals surface area contributed by atoms with Gasteiger partial charge in [-0.1, -0.05) is 72.4 Å². The number of benzene rings is 2. The van der Waals surface area contributed by atoms with Crippen LogP contribution in [0, 0.1) is 0 Å². The van der Waals surface area contributed by atoms with E-state index in [0.29, 0.717) is 20.3 Å². The molecule has 1 heterocycles. The number of nitrogen functional groups attached to an aromatic ring is 1. The molecule has 0 saturated heterocycles. The van der Waals surface area contributed by atoms with Crippen molar-refractivity contribution < 1.29 is 9.59 Å². The standard InChI is InChI=1S/C18H14N2O2S2/c19-17-16(15(22)13-9-5-2-6-10-13)24-18(20-17)23-11-14(21)12-7-3-1-4-8-12/h1-10H,11,19H2. The number of thioether (sulfide) groups is 1. The highest BCUT2D eigenvalue weighted by molar-refractivity contribution is 8.01. The van der Waals surface area contributed by atoms with E-state index in [1.807, 2.05) is 24.3 Å². The summed E-state index contributed by atoms with van der Waals surface area (Å²) in [6, 6.07) is 18.0. The molecular weight excluding hydrogens is 340 g/mol. The number of rotatable bonds is 6. The molecule has 4 nitrogen and oxygen atoms in total. The number of thiazole rings is 1. The second-order valence-corrected chi connectivity index (χ2v) is 7.19. The third-order valence-corrected chi connectivity index (χ3v) is 5.51. The van der Waals surface area contributed by atoms with Gasteiger partial charge in [-0.2, -0.15) is 0 Å². The van der Waals surface area contributed by atoms with Gasteiger partial charge in [0.25, 0.3) is 0 Å². The summed E-state index contributed by atoms with van der Waals surface area (Å²) in [5, 5.41) is 0. The van der Waals surface area contributed by atoms with Crippen LogP contribution in [0.5, 0.6) is 0 Å². The minimum Gasteiger partial charge on any atom is -0.382 e. The van der Waals surface area contributed by atoms with E-state index in [4.69, 9.17) is 5.73 Å². The Balaban J connectivity index is 1.70. The Morgan fingerprint density at radius 3 is 2.17 bits per heavy atom. The number of hydrogen-bond donors (Lipinski definition) is 1. The van der Waals surface area contributed by atoms with Crippen LogP contribution in [0.1, 0.15) is 25.6 Å². The van der Waals surface area contributed by atoms with E-state index < -0.39 is 0 Å². The fraction of sp³-hybridized carbons (Fsp3) is 0.0556. The first-order valence-corrected chi connectivity index (χ1v) is 9.02. The minimum absolute atomic E-state index is 0.0188. The fourth-order valence-electron chi connectivity index (χ4n) is 2.09. The van der Waals surface area contributed by atoms with Crippen molar-refractivity contribution in [2.24, 2.45) is 0 Å². The largest absolute Gasteiger partial charge is 0.382 e. The van der Waals surface area contributed by atoms with Crippen molar-refractivity contribution in [3.05, 3.63) is 76.7 Å². The van der Waals surface area contributed by atoms with Gasteiger partial charge in [-0.25, -0.2) is 4.98 Å². The zero-order chi connectivity index (χ0) is 16.9. The van der Waals surface area contributed by atoms with E-state index >= 15 is 0 Å². The Morgan fingerprint density at radius 2 is 1.54 bits per heavy atom. The summed E-state index contributed by atoms with van der Waals surface area (Å²) in [7, 11) is 0. The van der Waals surface area contributed by atoms with Gasteiger partial charge in [0.2, 0.25) is 5.78 Å². The average molecular weight is 354 g/mol. The maximum Gasteiger partial charge on any atom is 0.206 e. The highest BCUT2D eigenvalue weighted by Crippen LogP contribution is 2.31. The fourth-order valence-corrected chi connectivity index (χ4v) is 4.02. The molecule has 0 aliphatic carbocycles. The molecule has 0 unspecified atom stereocenters. The lowest BCUT2D eigenvalue weighted by Crippen LogP contribution is -2.02. The van der Waals surface area contributed by atoms with Crippen molar-refractivity contribution in [1.29, 1.82) is 0 Å². The first kappa shape index (κ1) is 16.4. The van der Waals surface area contributed by atoms with E-state index in [0.717, 1.165) is 0 Å². The SMILES string of the molecule is Nc1nc(SCC(=O)c2ccccc2)sc1C(=O)c1ccccc1. The predicted octanol–water partition coefficient (Wildman–Crippen LogP) is 3.93. The number of ketones is 2. The van der Waals surface area contributed by atoms with Crippen molar-refractivity contribution in [3.63, 3.8) is 0 Å². The van der Waals surface area contributed by atoms with E-state index in [1.54, 1.807) is 36.4 Å². The molecule has 0 aliphatic rings. The van der Waals surface area contributed by atoms with Gasteiger partial charge in [-0.05, 0) is 0 Å². The van der Waals surface area contributed by atoms with E-state index in [9.17, 15) is 9.59 Å². The molecule has 120 valence electrons. The number of carbonyl (C=O) groups is 2. The highest BCUT2D eigenvalue weighted by Gasteiger charge is 2.18. The zero-order valence-corrected chi connectivity index (χ0v) is 14.3. The Labute approximate surface area is 147 Å². The lowest BCUT2D eigenvalue weighted by atomic mass is 10.1. The number of aromatic nitrogens is 1. The Hall–Kier alpha value is -2.44. The third kappa shape index (κ3) is 3.72. The maximum atomic E-state index is 12.5. The molecule has 6 heteroatoms. The van der Waals surface area contributed by atoms with Crippen molar-refractivity contribution in [2.75, 3.05) is 11.5 Å². The number of Topliss-reactive ketones (excluding diaryl/α,β-unsaturated/α-hetero) is 1. The van der Waals surface area contributed by atoms with Gasteiger partial charge >= 0.3 is 0 Å². The lowest BCUT2D eigenvalue weighted by molar-refractivity contribution is 0.101. The summed E-state index contributed by atoms with van der Waals surface area (Å²) in [5.41, 5.74) is 7.11. The molecule has 2 aromatic carbocycles. The van der Waals surface area contributed by atoms with Gasteiger partial charge in [0.05, 0.1) is 5.75 Å². The summed E-state index contributed by atoms with van der Waals surface area (Å²) in [6.07, 6.45) is 0.